The molecule has 37 heavy (non-hydrogen) atoms. The normalized spacial score (nSPS) is 15.8. The number of rotatable bonds is 7. The van der Waals surface area contributed by atoms with Crippen LogP contribution in [0.25, 0.3) is 22.0 Å². The number of halogens is 2. The van der Waals surface area contributed by atoms with Crippen LogP contribution in [0.2, 0.25) is 10.0 Å². The molecule has 6 nitrogen and oxygen atoms in total. The molecule has 0 unspecified atom stereocenters. The molecule has 0 spiro atoms. The number of aromatic nitrogens is 2. The van der Waals surface area contributed by atoms with Crippen molar-refractivity contribution in [1.29, 1.82) is 0 Å². The van der Waals surface area contributed by atoms with Gasteiger partial charge in [0.15, 0.2) is 12.0 Å². The number of nitrogens with one attached hydrogen (secondary N) is 1. The lowest BCUT2D eigenvalue weighted by atomic mass is 9.99. The van der Waals surface area contributed by atoms with Gasteiger partial charge in [-0.15, -0.1) is 0 Å². The number of carbonyl (C=O) groups is 1. The van der Waals surface area contributed by atoms with E-state index >= 15 is 0 Å². The van der Waals surface area contributed by atoms with Crippen LogP contribution in [0.15, 0.2) is 48.7 Å². The molecule has 2 N–H and O–H groups in total. The largest absolute Gasteiger partial charge is 0.505 e. The standard InChI is InChI=1S/C29H26Cl2N4O2/c30-24-12-19(13-25(31)29(24)37)18-5-8-26-22(11-18)28(23(16-36)27(34-26)17-3-4-17)33-20-6-7-21(32-14-20)15-35-9-1-2-10-35/h5-8,11-14,16-17,37H,1-4,9-10,15H2,(H,33,34). The maximum absolute atomic E-state index is 12.4. The van der Waals surface area contributed by atoms with Crippen LogP contribution >= 0.6 is 23.2 Å². The molecule has 0 atom stereocenters. The predicted octanol–water partition coefficient (Wildman–Crippen LogP) is 7.34. The second kappa shape index (κ2) is 9.93. The average molecular weight is 533 g/mol. The number of likely N-dealkylation sites (tertiary alicyclic amines) is 1. The van der Waals surface area contributed by atoms with Crippen molar-refractivity contribution >= 4 is 51.8 Å². The van der Waals surface area contributed by atoms with Gasteiger partial charge in [-0.05, 0) is 86.3 Å². The summed E-state index contributed by atoms with van der Waals surface area (Å²) in [7, 11) is 0. The van der Waals surface area contributed by atoms with E-state index < -0.39 is 0 Å². The molecule has 4 aromatic rings. The first kappa shape index (κ1) is 24.2. The number of pyridine rings is 2. The lowest BCUT2D eigenvalue weighted by Gasteiger charge is -2.17. The van der Waals surface area contributed by atoms with E-state index in [4.69, 9.17) is 28.2 Å². The van der Waals surface area contributed by atoms with Crippen LogP contribution < -0.4 is 5.32 Å². The van der Waals surface area contributed by atoms with Crippen LogP contribution in [-0.4, -0.2) is 39.4 Å². The van der Waals surface area contributed by atoms with Crippen LogP contribution in [0.1, 0.15) is 53.3 Å². The molecule has 1 saturated heterocycles. The van der Waals surface area contributed by atoms with Gasteiger partial charge >= 0.3 is 0 Å². The van der Waals surface area contributed by atoms with Gasteiger partial charge in [0.1, 0.15) is 0 Å². The molecule has 2 aromatic carbocycles. The molecular weight excluding hydrogens is 507 g/mol. The third-order valence-corrected chi connectivity index (χ3v) is 7.74. The molecule has 2 aromatic heterocycles. The van der Waals surface area contributed by atoms with Gasteiger partial charge in [-0.2, -0.15) is 0 Å². The number of nitrogens with zero attached hydrogens (tertiary/aromatic N) is 3. The van der Waals surface area contributed by atoms with Crippen LogP contribution in [-0.2, 0) is 6.54 Å². The van der Waals surface area contributed by atoms with Crippen LogP contribution in [0.5, 0.6) is 5.75 Å². The number of phenols is 1. The van der Waals surface area contributed by atoms with Crippen molar-refractivity contribution in [2.75, 3.05) is 18.4 Å². The number of aromatic hydroxyl groups is 1. The SMILES string of the molecule is O=Cc1c(C2CC2)nc2ccc(-c3cc(Cl)c(O)c(Cl)c3)cc2c1Nc1ccc(CN2CCCC2)nc1. The van der Waals surface area contributed by atoms with E-state index in [0.717, 1.165) is 77.9 Å². The van der Waals surface area contributed by atoms with Crippen molar-refractivity contribution in [3.63, 3.8) is 0 Å². The molecule has 2 aliphatic rings. The molecule has 1 aliphatic heterocycles. The fourth-order valence-electron chi connectivity index (χ4n) is 5.04. The summed E-state index contributed by atoms with van der Waals surface area (Å²) in [5.41, 5.74) is 6.38. The first-order chi connectivity index (χ1) is 18.0. The minimum atomic E-state index is -0.144. The Balaban J connectivity index is 1.42. The van der Waals surface area contributed by atoms with Crippen molar-refractivity contribution in [1.82, 2.24) is 14.9 Å². The Morgan fingerprint density at radius 3 is 2.43 bits per heavy atom. The third kappa shape index (κ3) is 4.89. The van der Waals surface area contributed by atoms with E-state index in [-0.39, 0.29) is 15.8 Å². The lowest BCUT2D eigenvalue weighted by molar-refractivity contribution is 0.112. The van der Waals surface area contributed by atoms with Gasteiger partial charge in [0.05, 0.1) is 50.1 Å². The van der Waals surface area contributed by atoms with E-state index in [1.807, 2.05) is 36.5 Å². The molecule has 1 saturated carbocycles. The lowest BCUT2D eigenvalue weighted by Crippen LogP contribution is -2.19. The highest BCUT2D eigenvalue weighted by molar-refractivity contribution is 6.37. The zero-order chi connectivity index (χ0) is 25.5. The second-order valence-electron chi connectivity index (χ2n) is 9.84. The molecule has 2 fully saturated rings. The van der Waals surface area contributed by atoms with E-state index in [1.54, 1.807) is 12.1 Å². The van der Waals surface area contributed by atoms with Crippen molar-refractivity contribution in [3.05, 3.63) is 75.7 Å². The molecular formula is C29H26Cl2N4O2. The number of hydrogen-bond acceptors (Lipinski definition) is 6. The Labute approximate surface area is 225 Å². The maximum atomic E-state index is 12.4. The number of anilines is 2. The number of benzene rings is 2. The van der Waals surface area contributed by atoms with E-state index in [0.29, 0.717) is 17.2 Å². The molecule has 188 valence electrons. The number of fused-ring (bicyclic) bond motifs is 1. The van der Waals surface area contributed by atoms with E-state index in [9.17, 15) is 9.90 Å². The minimum Gasteiger partial charge on any atom is -0.505 e. The van der Waals surface area contributed by atoms with Crippen molar-refractivity contribution < 1.29 is 9.90 Å². The Morgan fingerprint density at radius 2 is 1.78 bits per heavy atom. The summed E-state index contributed by atoms with van der Waals surface area (Å²) in [5, 5.41) is 14.6. The Morgan fingerprint density at radius 1 is 1.03 bits per heavy atom. The van der Waals surface area contributed by atoms with Gasteiger partial charge in [0.2, 0.25) is 0 Å². The van der Waals surface area contributed by atoms with Gasteiger partial charge in [0, 0.05) is 17.8 Å². The average Bonchev–Trinajstić information content (AvgIpc) is 3.63. The van der Waals surface area contributed by atoms with E-state index in [1.165, 1.54) is 12.8 Å². The summed E-state index contributed by atoms with van der Waals surface area (Å²) in [5.74, 6) is 0.162. The minimum absolute atomic E-state index is 0.144. The van der Waals surface area contributed by atoms with Crippen LogP contribution in [0.3, 0.4) is 0 Å². The van der Waals surface area contributed by atoms with Crippen molar-refractivity contribution in [3.8, 4) is 16.9 Å². The molecule has 0 bridgehead atoms. The molecule has 1 aliphatic carbocycles. The zero-order valence-electron chi connectivity index (χ0n) is 20.2. The first-order valence-corrected chi connectivity index (χ1v) is 13.3. The van der Waals surface area contributed by atoms with Gasteiger partial charge in [-0.25, -0.2) is 0 Å². The van der Waals surface area contributed by atoms with Crippen LogP contribution in [0.4, 0.5) is 11.4 Å². The highest BCUT2D eigenvalue weighted by Crippen LogP contribution is 2.45. The Kier molecular flexibility index (Phi) is 6.49. The highest BCUT2D eigenvalue weighted by Gasteiger charge is 2.30. The van der Waals surface area contributed by atoms with E-state index in [2.05, 4.69) is 15.2 Å². The topological polar surface area (TPSA) is 78.3 Å². The summed E-state index contributed by atoms with van der Waals surface area (Å²) in [6.07, 6.45) is 7.29. The van der Waals surface area contributed by atoms with Crippen molar-refractivity contribution in [2.45, 2.75) is 38.1 Å². The second-order valence-corrected chi connectivity index (χ2v) is 10.7. The summed E-state index contributed by atoms with van der Waals surface area (Å²) >= 11 is 12.4. The molecule has 0 amide bonds. The quantitative estimate of drug-likeness (QED) is 0.242. The van der Waals surface area contributed by atoms with Gasteiger partial charge < -0.3 is 10.4 Å². The number of aldehydes is 1. The van der Waals surface area contributed by atoms with Crippen LogP contribution in [0, 0.1) is 0 Å². The predicted molar refractivity (Wildman–Crippen MR) is 148 cm³/mol. The highest BCUT2D eigenvalue weighted by atomic mass is 35.5. The molecule has 6 rings (SSSR count). The Bertz CT molecular complexity index is 1470. The summed E-state index contributed by atoms with van der Waals surface area (Å²) in [6.45, 7) is 3.10. The first-order valence-electron chi connectivity index (χ1n) is 12.6. The van der Waals surface area contributed by atoms with Gasteiger partial charge in [0.25, 0.3) is 0 Å². The number of phenolic OH excluding ortho intramolecular Hbond substituents is 1. The summed E-state index contributed by atoms with van der Waals surface area (Å²) in [6, 6.07) is 13.3. The van der Waals surface area contributed by atoms with Gasteiger partial charge in [-0.3, -0.25) is 19.7 Å². The number of hydrogen-bond donors (Lipinski definition) is 2. The number of carbonyl (C=O) groups excluding carboxylic acids is 1. The maximum Gasteiger partial charge on any atom is 0.154 e. The van der Waals surface area contributed by atoms with Gasteiger partial charge in [-0.1, -0.05) is 29.3 Å². The summed E-state index contributed by atoms with van der Waals surface area (Å²) in [4.78, 5) is 24.4. The molecule has 8 heteroatoms. The zero-order valence-corrected chi connectivity index (χ0v) is 21.7. The summed E-state index contributed by atoms with van der Waals surface area (Å²) < 4.78 is 0. The smallest absolute Gasteiger partial charge is 0.154 e. The molecule has 0 radical (unpaired) electrons. The monoisotopic (exact) mass is 532 g/mol. The fraction of sp³-hybridized carbons (Fsp3) is 0.276. The molecule has 3 heterocycles. The third-order valence-electron chi connectivity index (χ3n) is 7.16. The fourth-order valence-corrected chi connectivity index (χ4v) is 5.52. The van der Waals surface area contributed by atoms with Crippen molar-refractivity contribution in [2.24, 2.45) is 0 Å². The Hall–Kier alpha value is -3.19.